The van der Waals surface area contributed by atoms with Crippen LogP contribution in [0.3, 0.4) is 0 Å². The molecule has 6 nitrogen and oxygen atoms in total. The molecule has 0 atom stereocenters. The van der Waals surface area contributed by atoms with Crippen LogP contribution in [0.5, 0.6) is 0 Å². The van der Waals surface area contributed by atoms with E-state index in [-0.39, 0.29) is 5.91 Å². The number of carbonyl (C=O) groups is 1. The van der Waals surface area contributed by atoms with Crippen LogP contribution >= 0.6 is 0 Å². The molecule has 1 fully saturated rings. The van der Waals surface area contributed by atoms with E-state index in [1.165, 1.54) is 5.56 Å². The SMILES string of the molecule is O=C(Nc1ccncc1)c1cccc(N2CCCN(Cc3ccccc3)CC2)n1. The second-order valence-corrected chi connectivity index (χ2v) is 7.17. The molecule has 1 saturated heterocycles. The number of carbonyl (C=O) groups excluding carboxylic acids is 1. The number of rotatable bonds is 5. The Morgan fingerprint density at radius 2 is 1.72 bits per heavy atom. The largest absolute Gasteiger partial charge is 0.355 e. The lowest BCUT2D eigenvalue weighted by Gasteiger charge is -2.23. The van der Waals surface area contributed by atoms with Crippen molar-refractivity contribution in [3.8, 4) is 0 Å². The number of nitrogens with zero attached hydrogens (tertiary/aromatic N) is 4. The minimum absolute atomic E-state index is 0.210. The highest BCUT2D eigenvalue weighted by atomic mass is 16.1. The maximum atomic E-state index is 12.6. The molecule has 148 valence electrons. The summed E-state index contributed by atoms with van der Waals surface area (Å²) in [4.78, 5) is 25.9. The monoisotopic (exact) mass is 387 g/mol. The molecule has 0 bridgehead atoms. The summed E-state index contributed by atoms with van der Waals surface area (Å²) >= 11 is 0. The minimum Gasteiger partial charge on any atom is -0.355 e. The molecule has 1 aliphatic heterocycles. The van der Waals surface area contributed by atoms with Crippen molar-refractivity contribution in [2.75, 3.05) is 36.4 Å². The number of pyridine rings is 2. The van der Waals surface area contributed by atoms with E-state index in [2.05, 4.69) is 55.4 Å². The zero-order chi connectivity index (χ0) is 19.9. The van der Waals surface area contributed by atoms with E-state index in [0.717, 1.165) is 45.0 Å². The Morgan fingerprint density at radius 1 is 0.897 bits per heavy atom. The summed E-state index contributed by atoms with van der Waals surface area (Å²) in [5.74, 6) is 0.646. The van der Waals surface area contributed by atoms with Gasteiger partial charge >= 0.3 is 0 Å². The maximum Gasteiger partial charge on any atom is 0.274 e. The molecule has 0 spiro atoms. The lowest BCUT2D eigenvalue weighted by Crippen LogP contribution is -2.31. The Balaban J connectivity index is 1.39. The third kappa shape index (κ3) is 5.18. The van der Waals surface area contributed by atoms with Crippen LogP contribution in [0, 0.1) is 0 Å². The van der Waals surface area contributed by atoms with Gasteiger partial charge in [-0.1, -0.05) is 36.4 Å². The molecule has 3 heterocycles. The first kappa shape index (κ1) is 19.1. The number of nitrogens with one attached hydrogen (secondary N) is 1. The zero-order valence-electron chi connectivity index (χ0n) is 16.4. The summed E-state index contributed by atoms with van der Waals surface area (Å²) in [6.07, 6.45) is 4.37. The Labute approximate surface area is 171 Å². The molecule has 2 aromatic heterocycles. The van der Waals surface area contributed by atoms with E-state index in [0.29, 0.717) is 11.4 Å². The second kappa shape index (κ2) is 9.30. The Morgan fingerprint density at radius 3 is 2.55 bits per heavy atom. The normalized spacial score (nSPS) is 15.0. The molecular formula is C23H25N5O. The first-order valence-electron chi connectivity index (χ1n) is 9.97. The third-order valence-corrected chi connectivity index (χ3v) is 5.07. The van der Waals surface area contributed by atoms with Gasteiger partial charge in [-0.25, -0.2) is 4.98 Å². The summed E-state index contributed by atoms with van der Waals surface area (Å²) in [5, 5.41) is 2.87. The van der Waals surface area contributed by atoms with E-state index in [1.807, 2.05) is 12.1 Å². The highest BCUT2D eigenvalue weighted by molar-refractivity contribution is 6.03. The fourth-order valence-electron chi connectivity index (χ4n) is 3.56. The fraction of sp³-hybridized carbons (Fsp3) is 0.261. The van der Waals surface area contributed by atoms with Gasteiger partial charge < -0.3 is 10.2 Å². The summed E-state index contributed by atoms with van der Waals surface area (Å²) in [5.41, 5.74) is 2.47. The van der Waals surface area contributed by atoms with Crippen LogP contribution in [-0.4, -0.2) is 47.0 Å². The molecule has 3 aromatic rings. The first-order chi connectivity index (χ1) is 14.3. The lowest BCUT2D eigenvalue weighted by atomic mass is 10.2. The van der Waals surface area contributed by atoms with Crippen molar-refractivity contribution < 1.29 is 4.79 Å². The standard InChI is InChI=1S/C23H25N5O/c29-23(25-20-10-12-24-13-11-20)21-8-4-9-22(26-21)28-15-5-14-27(16-17-28)18-19-6-2-1-3-7-19/h1-4,6-13H,5,14-18H2,(H,24,25,29). The zero-order valence-corrected chi connectivity index (χ0v) is 16.4. The topological polar surface area (TPSA) is 61.4 Å². The van der Waals surface area contributed by atoms with E-state index in [4.69, 9.17) is 0 Å². The third-order valence-electron chi connectivity index (χ3n) is 5.07. The first-order valence-corrected chi connectivity index (χ1v) is 9.97. The van der Waals surface area contributed by atoms with Crippen molar-refractivity contribution in [2.45, 2.75) is 13.0 Å². The fourth-order valence-corrected chi connectivity index (χ4v) is 3.56. The van der Waals surface area contributed by atoms with Crippen LogP contribution in [0.25, 0.3) is 0 Å². The highest BCUT2D eigenvalue weighted by Gasteiger charge is 2.17. The van der Waals surface area contributed by atoms with Gasteiger partial charge in [-0.2, -0.15) is 0 Å². The molecule has 4 rings (SSSR count). The van der Waals surface area contributed by atoms with Gasteiger partial charge in [-0.05, 0) is 36.2 Å². The number of anilines is 2. The average Bonchev–Trinajstić information content (AvgIpc) is 3.01. The average molecular weight is 387 g/mol. The summed E-state index contributed by atoms with van der Waals surface area (Å²) in [6, 6.07) is 19.7. The van der Waals surface area contributed by atoms with Gasteiger partial charge in [0.25, 0.3) is 5.91 Å². The van der Waals surface area contributed by atoms with E-state index >= 15 is 0 Å². The molecule has 0 saturated carbocycles. The molecule has 29 heavy (non-hydrogen) atoms. The van der Waals surface area contributed by atoms with Gasteiger partial charge in [-0.15, -0.1) is 0 Å². The van der Waals surface area contributed by atoms with E-state index in [1.54, 1.807) is 30.6 Å². The second-order valence-electron chi connectivity index (χ2n) is 7.17. The summed E-state index contributed by atoms with van der Waals surface area (Å²) < 4.78 is 0. The van der Waals surface area contributed by atoms with Crippen molar-refractivity contribution in [1.29, 1.82) is 0 Å². The number of benzene rings is 1. The van der Waals surface area contributed by atoms with Crippen molar-refractivity contribution >= 4 is 17.4 Å². The molecule has 1 N–H and O–H groups in total. The molecule has 1 aromatic carbocycles. The van der Waals surface area contributed by atoms with Gasteiger partial charge in [0.1, 0.15) is 11.5 Å². The van der Waals surface area contributed by atoms with Crippen LogP contribution in [0.4, 0.5) is 11.5 Å². The van der Waals surface area contributed by atoms with Crippen LogP contribution in [0.1, 0.15) is 22.5 Å². The summed E-state index contributed by atoms with van der Waals surface area (Å²) in [6.45, 7) is 4.84. The van der Waals surface area contributed by atoms with Gasteiger partial charge in [0.05, 0.1) is 0 Å². The Hall–Kier alpha value is -3.25. The van der Waals surface area contributed by atoms with Crippen molar-refractivity contribution in [3.63, 3.8) is 0 Å². The van der Waals surface area contributed by atoms with Gasteiger partial charge in [0.2, 0.25) is 0 Å². The molecule has 0 radical (unpaired) electrons. The van der Waals surface area contributed by atoms with Crippen molar-refractivity contribution in [3.05, 3.63) is 84.3 Å². The molecule has 0 aliphatic carbocycles. The van der Waals surface area contributed by atoms with Crippen LogP contribution in [0.2, 0.25) is 0 Å². The Bertz CT molecular complexity index is 932. The summed E-state index contributed by atoms with van der Waals surface area (Å²) in [7, 11) is 0. The van der Waals surface area contributed by atoms with Crippen LogP contribution in [0.15, 0.2) is 73.1 Å². The van der Waals surface area contributed by atoms with Gasteiger partial charge in [0, 0.05) is 50.8 Å². The molecular weight excluding hydrogens is 362 g/mol. The number of aromatic nitrogens is 2. The van der Waals surface area contributed by atoms with Crippen LogP contribution in [-0.2, 0) is 6.54 Å². The van der Waals surface area contributed by atoms with E-state index in [9.17, 15) is 4.79 Å². The van der Waals surface area contributed by atoms with Crippen LogP contribution < -0.4 is 10.2 Å². The lowest BCUT2D eigenvalue weighted by molar-refractivity contribution is 0.102. The number of hydrogen-bond acceptors (Lipinski definition) is 5. The Kier molecular flexibility index (Phi) is 6.12. The number of hydrogen-bond donors (Lipinski definition) is 1. The quantitative estimate of drug-likeness (QED) is 0.727. The smallest absolute Gasteiger partial charge is 0.274 e. The molecule has 6 heteroatoms. The van der Waals surface area contributed by atoms with E-state index < -0.39 is 0 Å². The molecule has 1 aliphatic rings. The predicted molar refractivity (Wildman–Crippen MR) is 115 cm³/mol. The predicted octanol–water partition coefficient (Wildman–Crippen LogP) is 3.44. The van der Waals surface area contributed by atoms with Gasteiger partial charge in [0.15, 0.2) is 0 Å². The molecule has 1 amide bonds. The number of amides is 1. The maximum absolute atomic E-state index is 12.6. The van der Waals surface area contributed by atoms with Crippen molar-refractivity contribution in [2.24, 2.45) is 0 Å². The van der Waals surface area contributed by atoms with Gasteiger partial charge in [-0.3, -0.25) is 14.7 Å². The minimum atomic E-state index is -0.210. The molecule has 0 unspecified atom stereocenters. The van der Waals surface area contributed by atoms with Crippen molar-refractivity contribution in [1.82, 2.24) is 14.9 Å². The highest BCUT2D eigenvalue weighted by Crippen LogP contribution is 2.17.